The number of nitrogens with one attached hydrogen (secondary N) is 1. The topological polar surface area (TPSA) is 73.6 Å². The van der Waals surface area contributed by atoms with Crippen molar-refractivity contribution in [2.45, 2.75) is 19.4 Å². The first-order chi connectivity index (χ1) is 8.58. The maximum Gasteiger partial charge on any atom is 0.311 e. The van der Waals surface area contributed by atoms with Gasteiger partial charge in [-0.3, -0.25) is 10.1 Å². The van der Waals surface area contributed by atoms with Gasteiger partial charge in [-0.25, -0.2) is 0 Å². The van der Waals surface area contributed by atoms with E-state index in [0.717, 1.165) is 12.1 Å². The van der Waals surface area contributed by atoms with Gasteiger partial charge < -0.3 is 14.8 Å². The molecule has 1 aromatic rings. The normalized spacial score (nSPS) is 11.9. The van der Waals surface area contributed by atoms with Gasteiger partial charge in [-0.05, 0) is 19.4 Å². The second-order valence-electron chi connectivity index (χ2n) is 3.97. The number of benzene rings is 1. The highest BCUT2D eigenvalue weighted by Gasteiger charge is 2.15. The van der Waals surface area contributed by atoms with Crippen LogP contribution in [0.3, 0.4) is 0 Å². The highest BCUT2D eigenvalue weighted by Crippen LogP contribution is 2.29. The first-order valence-electron chi connectivity index (χ1n) is 5.66. The Morgan fingerprint density at radius 2 is 2.17 bits per heavy atom. The maximum absolute atomic E-state index is 10.7. The zero-order valence-corrected chi connectivity index (χ0v) is 10.8. The summed E-state index contributed by atoms with van der Waals surface area (Å²) in [5.74, 6) is 0.254. The Kier molecular flexibility index (Phi) is 5.38. The van der Waals surface area contributed by atoms with Crippen LogP contribution >= 0.6 is 0 Å². The molecule has 1 atom stereocenters. The minimum atomic E-state index is -0.461. The minimum Gasteiger partial charge on any atom is -0.490 e. The van der Waals surface area contributed by atoms with Crippen molar-refractivity contribution in [3.8, 4) is 5.75 Å². The van der Waals surface area contributed by atoms with Crippen LogP contribution < -0.4 is 10.1 Å². The number of anilines is 1. The smallest absolute Gasteiger partial charge is 0.311 e. The first-order valence-corrected chi connectivity index (χ1v) is 5.66. The lowest BCUT2D eigenvalue weighted by atomic mass is 10.2. The number of methoxy groups -OCH3 is 2. The molecule has 1 unspecified atom stereocenters. The van der Waals surface area contributed by atoms with Crippen molar-refractivity contribution < 1.29 is 14.4 Å². The van der Waals surface area contributed by atoms with Crippen molar-refractivity contribution in [1.82, 2.24) is 0 Å². The third-order valence-corrected chi connectivity index (χ3v) is 2.54. The summed E-state index contributed by atoms with van der Waals surface area (Å²) in [7, 11) is 3.07. The van der Waals surface area contributed by atoms with E-state index in [2.05, 4.69) is 5.32 Å². The Morgan fingerprint density at radius 3 is 2.72 bits per heavy atom. The fourth-order valence-corrected chi connectivity index (χ4v) is 1.57. The molecule has 18 heavy (non-hydrogen) atoms. The van der Waals surface area contributed by atoms with E-state index in [1.54, 1.807) is 19.2 Å². The van der Waals surface area contributed by atoms with Crippen molar-refractivity contribution >= 4 is 11.4 Å². The van der Waals surface area contributed by atoms with Gasteiger partial charge in [0.15, 0.2) is 5.75 Å². The monoisotopic (exact) mass is 254 g/mol. The quantitative estimate of drug-likeness (QED) is 0.597. The summed E-state index contributed by atoms with van der Waals surface area (Å²) in [5, 5.41) is 14.0. The van der Waals surface area contributed by atoms with Crippen LogP contribution in [0.25, 0.3) is 0 Å². The number of hydrogen-bond donors (Lipinski definition) is 1. The Bertz CT molecular complexity index is 409. The molecule has 6 nitrogen and oxygen atoms in total. The number of nitrogens with zero attached hydrogens (tertiary/aromatic N) is 1. The lowest BCUT2D eigenvalue weighted by molar-refractivity contribution is -0.385. The number of ether oxygens (including phenoxy) is 2. The molecule has 0 saturated carbocycles. The van der Waals surface area contributed by atoms with Gasteiger partial charge in [-0.2, -0.15) is 0 Å². The van der Waals surface area contributed by atoms with E-state index in [-0.39, 0.29) is 17.5 Å². The van der Waals surface area contributed by atoms with Gasteiger partial charge in [-0.1, -0.05) is 0 Å². The summed E-state index contributed by atoms with van der Waals surface area (Å²) in [4.78, 5) is 10.3. The highest BCUT2D eigenvalue weighted by molar-refractivity contribution is 5.58. The molecule has 0 aromatic heterocycles. The third kappa shape index (κ3) is 3.89. The Morgan fingerprint density at radius 1 is 1.44 bits per heavy atom. The largest absolute Gasteiger partial charge is 0.490 e. The fraction of sp³-hybridized carbons (Fsp3) is 0.500. The van der Waals surface area contributed by atoms with E-state index in [9.17, 15) is 10.1 Å². The van der Waals surface area contributed by atoms with Crippen LogP contribution in [0.4, 0.5) is 11.4 Å². The van der Waals surface area contributed by atoms with Gasteiger partial charge in [-0.15, -0.1) is 0 Å². The predicted molar refractivity (Wildman–Crippen MR) is 69.2 cm³/mol. The second kappa shape index (κ2) is 6.80. The molecule has 0 aliphatic rings. The number of rotatable bonds is 7. The molecule has 0 aliphatic heterocycles. The van der Waals surface area contributed by atoms with Crippen LogP contribution in [0, 0.1) is 10.1 Å². The lowest BCUT2D eigenvalue weighted by Gasteiger charge is -2.15. The van der Waals surface area contributed by atoms with E-state index in [0.29, 0.717) is 6.61 Å². The Labute approximate surface area is 106 Å². The van der Waals surface area contributed by atoms with Crippen molar-refractivity contribution in [2.75, 3.05) is 26.1 Å². The number of hydrogen-bond acceptors (Lipinski definition) is 5. The Balaban J connectivity index is 2.76. The molecule has 0 amide bonds. The predicted octanol–water partition coefficient (Wildman–Crippen LogP) is 2.44. The molecule has 0 spiro atoms. The van der Waals surface area contributed by atoms with Crippen LogP contribution in [-0.2, 0) is 4.74 Å². The zero-order valence-electron chi connectivity index (χ0n) is 10.8. The number of nitro benzene ring substituents is 1. The van der Waals surface area contributed by atoms with Crippen molar-refractivity contribution in [3.05, 3.63) is 28.3 Å². The Hall–Kier alpha value is -1.82. The average molecular weight is 254 g/mol. The summed E-state index contributed by atoms with van der Waals surface area (Å²) < 4.78 is 10.00. The summed E-state index contributed by atoms with van der Waals surface area (Å²) in [6, 6.07) is 4.95. The van der Waals surface area contributed by atoms with Gasteiger partial charge in [0.05, 0.1) is 12.0 Å². The molecule has 6 heteroatoms. The van der Waals surface area contributed by atoms with Crippen LogP contribution in [0.1, 0.15) is 13.3 Å². The summed E-state index contributed by atoms with van der Waals surface area (Å²) in [6.45, 7) is 2.69. The van der Waals surface area contributed by atoms with Crippen molar-refractivity contribution in [3.63, 3.8) is 0 Å². The zero-order chi connectivity index (χ0) is 13.5. The standard InChI is InChI=1S/C12H18N2O4/c1-9(6-7-17-2)13-10-4-5-11(14(15)16)12(8-10)18-3/h4-5,8-9,13H,6-7H2,1-3H3. The maximum atomic E-state index is 10.7. The minimum absolute atomic E-state index is 0.0346. The molecular formula is C12H18N2O4. The van der Waals surface area contributed by atoms with Gasteiger partial charge in [0.25, 0.3) is 0 Å². The van der Waals surface area contributed by atoms with Crippen LogP contribution in [0.5, 0.6) is 5.75 Å². The fourth-order valence-electron chi connectivity index (χ4n) is 1.57. The summed E-state index contributed by atoms with van der Waals surface area (Å²) in [6.07, 6.45) is 0.857. The molecule has 0 aliphatic carbocycles. The summed E-state index contributed by atoms with van der Waals surface area (Å²) in [5.41, 5.74) is 0.758. The molecule has 0 radical (unpaired) electrons. The molecule has 0 fully saturated rings. The first kappa shape index (κ1) is 14.2. The van der Waals surface area contributed by atoms with Crippen molar-refractivity contribution in [1.29, 1.82) is 0 Å². The van der Waals surface area contributed by atoms with E-state index >= 15 is 0 Å². The molecule has 1 aromatic carbocycles. The van der Waals surface area contributed by atoms with Crippen LogP contribution in [-0.4, -0.2) is 31.8 Å². The summed E-state index contributed by atoms with van der Waals surface area (Å²) >= 11 is 0. The molecular weight excluding hydrogens is 236 g/mol. The van der Waals surface area contributed by atoms with Gasteiger partial charge in [0.2, 0.25) is 0 Å². The average Bonchev–Trinajstić information content (AvgIpc) is 2.35. The van der Waals surface area contributed by atoms with Crippen LogP contribution in [0.2, 0.25) is 0 Å². The van der Waals surface area contributed by atoms with Gasteiger partial charge in [0, 0.05) is 37.6 Å². The molecule has 100 valence electrons. The van der Waals surface area contributed by atoms with Gasteiger partial charge in [0.1, 0.15) is 0 Å². The third-order valence-electron chi connectivity index (χ3n) is 2.54. The van der Waals surface area contributed by atoms with E-state index in [1.807, 2.05) is 6.92 Å². The number of nitro groups is 1. The second-order valence-corrected chi connectivity index (χ2v) is 3.97. The van der Waals surface area contributed by atoms with Gasteiger partial charge >= 0.3 is 5.69 Å². The molecule has 1 N–H and O–H groups in total. The highest BCUT2D eigenvalue weighted by atomic mass is 16.6. The SMILES string of the molecule is COCCC(C)Nc1ccc([N+](=O)[O-])c(OC)c1. The molecule has 0 bridgehead atoms. The molecule has 0 saturated heterocycles. The van der Waals surface area contributed by atoms with Crippen molar-refractivity contribution in [2.24, 2.45) is 0 Å². The molecule has 0 heterocycles. The van der Waals surface area contributed by atoms with Crippen LogP contribution in [0.15, 0.2) is 18.2 Å². The lowest BCUT2D eigenvalue weighted by Crippen LogP contribution is -2.17. The molecule has 1 rings (SSSR count). The van der Waals surface area contributed by atoms with E-state index in [4.69, 9.17) is 9.47 Å². The van der Waals surface area contributed by atoms with E-state index < -0.39 is 4.92 Å². The van der Waals surface area contributed by atoms with E-state index in [1.165, 1.54) is 13.2 Å².